The quantitative estimate of drug-likeness (QED) is 0.456. The van der Waals surface area contributed by atoms with E-state index in [1.165, 1.54) is 0 Å². The van der Waals surface area contributed by atoms with E-state index in [9.17, 15) is 14.4 Å². The van der Waals surface area contributed by atoms with Gasteiger partial charge in [-0.3, -0.25) is 14.4 Å². The van der Waals surface area contributed by atoms with Crippen LogP contribution in [0, 0.1) is 0 Å². The lowest BCUT2D eigenvalue weighted by Crippen LogP contribution is -2.30. The van der Waals surface area contributed by atoms with E-state index in [0.29, 0.717) is 42.1 Å². The summed E-state index contributed by atoms with van der Waals surface area (Å²) >= 11 is 0. The van der Waals surface area contributed by atoms with Crippen molar-refractivity contribution < 1.29 is 14.4 Å². The molecular formula is C28H32N4O3. The number of nitrogens with zero attached hydrogens (tertiary/aromatic N) is 2. The van der Waals surface area contributed by atoms with E-state index in [0.717, 1.165) is 5.56 Å². The minimum Gasteiger partial charge on any atom is -0.376 e. The Morgan fingerprint density at radius 2 is 1.43 bits per heavy atom. The first-order chi connectivity index (χ1) is 16.9. The maximum atomic E-state index is 12.8. The Labute approximate surface area is 206 Å². The van der Waals surface area contributed by atoms with Crippen molar-refractivity contribution in [2.75, 3.05) is 37.3 Å². The Morgan fingerprint density at radius 1 is 0.743 bits per heavy atom. The summed E-state index contributed by atoms with van der Waals surface area (Å²) in [5.41, 5.74) is 3.48. The molecule has 35 heavy (non-hydrogen) atoms. The zero-order valence-corrected chi connectivity index (χ0v) is 20.5. The third kappa shape index (κ3) is 7.17. The average molecular weight is 473 g/mol. The number of carbonyl (C=O) groups excluding carboxylic acids is 3. The van der Waals surface area contributed by atoms with Crippen LogP contribution in [0.2, 0.25) is 0 Å². The van der Waals surface area contributed by atoms with Crippen LogP contribution in [0.25, 0.3) is 0 Å². The van der Waals surface area contributed by atoms with Crippen molar-refractivity contribution in [1.82, 2.24) is 9.80 Å². The summed E-state index contributed by atoms with van der Waals surface area (Å²) in [7, 11) is 1.77. The normalized spacial score (nSPS) is 10.4. The van der Waals surface area contributed by atoms with Crippen LogP contribution in [-0.4, -0.2) is 54.2 Å². The fourth-order valence-electron chi connectivity index (χ4n) is 3.69. The van der Waals surface area contributed by atoms with Crippen molar-refractivity contribution in [3.8, 4) is 0 Å². The van der Waals surface area contributed by atoms with Gasteiger partial charge in [-0.1, -0.05) is 36.4 Å². The number of benzene rings is 3. The number of hydrogen-bond donors (Lipinski definition) is 2. The standard InChI is InChI=1S/C28H32N4O3/c1-4-32(5-2)28(35)22-14-16-24(17-15-22)30-26(33)19-29-25-13-9-12-23(18-25)27(34)31(3)20-21-10-7-6-8-11-21/h6-18,29H,4-5,19-20H2,1-3H3,(H,30,33). The Bertz CT molecular complexity index is 1140. The smallest absolute Gasteiger partial charge is 0.253 e. The molecule has 0 aliphatic rings. The molecule has 0 bridgehead atoms. The average Bonchev–Trinajstić information content (AvgIpc) is 2.89. The van der Waals surface area contributed by atoms with Crippen molar-refractivity contribution in [2.45, 2.75) is 20.4 Å². The van der Waals surface area contributed by atoms with Gasteiger partial charge in [0.15, 0.2) is 0 Å². The molecule has 0 saturated heterocycles. The summed E-state index contributed by atoms with van der Waals surface area (Å²) in [5.74, 6) is -0.356. The van der Waals surface area contributed by atoms with Crippen molar-refractivity contribution in [2.24, 2.45) is 0 Å². The highest BCUT2D eigenvalue weighted by atomic mass is 16.2. The van der Waals surface area contributed by atoms with Crippen LogP contribution in [-0.2, 0) is 11.3 Å². The zero-order valence-electron chi connectivity index (χ0n) is 20.5. The van der Waals surface area contributed by atoms with Gasteiger partial charge < -0.3 is 20.4 Å². The van der Waals surface area contributed by atoms with E-state index in [-0.39, 0.29) is 24.3 Å². The van der Waals surface area contributed by atoms with Crippen molar-refractivity contribution in [3.05, 3.63) is 95.6 Å². The van der Waals surface area contributed by atoms with Gasteiger partial charge in [-0.25, -0.2) is 0 Å². The molecule has 0 saturated carbocycles. The van der Waals surface area contributed by atoms with E-state index in [4.69, 9.17) is 0 Å². The number of hydrogen-bond acceptors (Lipinski definition) is 4. The number of anilines is 2. The highest BCUT2D eigenvalue weighted by Gasteiger charge is 2.14. The summed E-state index contributed by atoms with van der Waals surface area (Å²) in [6.07, 6.45) is 0. The molecule has 3 rings (SSSR count). The molecule has 7 nitrogen and oxygen atoms in total. The largest absolute Gasteiger partial charge is 0.376 e. The molecule has 7 heteroatoms. The SMILES string of the molecule is CCN(CC)C(=O)c1ccc(NC(=O)CNc2cccc(C(=O)N(C)Cc3ccccc3)c2)cc1. The van der Waals surface area contributed by atoms with Crippen molar-refractivity contribution in [1.29, 1.82) is 0 Å². The molecule has 0 aliphatic heterocycles. The first-order valence-electron chi connectivity index (χ1n) is 11.7. The van der Waals surface area contributed by atoms with Crippen LogP contribution < -0.4 is 10.6 Å². The maximum absolute atomic E-state index is 12.8. The Kier molecular flexibility index (Phi) is 9.01. The molecule has 3 amide bonds. The van der Waals surface area contributed by atoms with Gasteiger partial charge in [0.1, 0.15) is 0 Å². The first-order valence-corrected chi connectivity index (χ1v) is 11.7. The Balaban J connectivity index is 1.53. The van der Waals surface area contributed by atoms with Gasteiger partial charge >= 0.3 is 0 Å². The highest BCUT2D eigenvalue weighted by molar-refractivity contribution is 5.97. The van der Waals surface area contributed by atoms with Crippen LogP contribution >= 0.6 is 0 Å². The summed E-state index contributed by atoms with van der Waals surface area (Å²) in [4.78, 5) is 41.1. The molecule has 0 unspecified atom stereocenters. The zero-order chi connectivity index (χ0) is 25.2. The van der Waals surface area contributed by atoms with Crippen LogP contribution in [0.3, 0.4) is 0 Å². The second-order valence-corrected chi connectivity index (χ2v) is 8.18. The summed E-state index contributed by atoms with van der Waals surface area (Å²) in [5, 5.41) is 5.88. The fourth-order valence-corrected chi connectivity index (χ4v) is 3.69. The fraction of sp³-hybridized carbons (Fsp3) is 0.250. The Morgan fingerprint density at radius 3 is 2.09 bits per heavy atom. The van der Waals surface area contributed by atoms with E-state index in [1.807, 2.05) is 50.2 Å². The number of nitrogens with one attached hydrogen (secondary N) is 2. The molecule has 0 aliphatic carbocycles. The van der Waals surface area contributed by atoms with Gasteiger partial charge in [0.2, 0.25) is 5.91 Å². The third-order valence-electron chi connectivity index (χ3n) is 5.64. The molecule has 182 valence electrons. The lowest BCUT2D eigenvalue weighted by atomic mass is 10.1. The van der Waals surface area contributed by atoms with E-state index < -0.39 is 0 Å². The van der Waals surface area contributed by atoms with Crippen LogP contribution in [0.15, 0.2) is 78.9 Å². The molecule has 0 spiro atoms. The number of carbonyl (C=O) groups is 3. The molecule has 3 aromatic rings. The van der Waals surface area contributed by atoms with Crippen LogP contribution in [0.4, 0.5) is 11.4 Å². The monoisotopic (exact) mass is 472 g/mol. The van der Waals surface area contributed by atoms with Crippen molar-refractivity contribution >= 4 is 29.1 Å². The minimum atomic E-state index is -0.231. The Hall–Kier alpha value is -4.13. The minimum absolute atomic E-state index is 0.0293. The topological polar surface area (TPSA) is 81.8 Å². The molecule has 0 radical (unpaired) electrons. The highest BCUT2D eigenvalue weighted by Crippen LogP contribution is 2.15. The molecule has 0 atom stereocenters. The van der Waals surface area contributed by atoms with E-state index in [1.54, 1.807) is 59.3 Å². The van der Waals surface area contributed by atoms with Crippen LogP contribution in [0.1, 0.15) is 40.1 Å². The van der Waals surface area contributed by atoms with Gasteiger partial charge in [0, 0.05) is 49.2 Å². The molecule has 3 aromatic carbocycles. The molecule has 0 fully saturated rings. The molecule has 0 heterocycles. The van der Waals surface area contributed by atoms with Gasteiger partial charge in [-0.05, 0) is 61.9 Å². The van der Waals surface area contributed by atoms with Crippen molar-refractivity contribution in [3.63, 3.8) is 0 Å². The summed E-state index contributed by atoms with van der Waals surface area (Å²) < 4.78 is 0. The molecule has 2 N–H and O–H groups in total. The lowest BCUT2D eigenvalue weighted by molar-refractivity contribution is -0.114. The van der Waals surface area contributed by atoms with E-state index in [2.05, 4.69) is 10.6 Å². The molecular weight excluding hydrogens is 440 g/mol. The lowest BCUT2D eigenvalue weighted by Gasteiger charge is -2.18. The van der Waals surface area contributed by atoms with Gasteiger partial charge in [0.25, 0.3) is 11.8 Å². The summed E-state index contributed by atoms with van der Waals surface area (Å²) in [6, 6.07) is 23.8. The van der Waals surface area contributed by atoms with Gasteiger partial charge in [0.05, 0.1) is 6.54 Å². The summed E-state index contributed by atoms with van der Waals surface area (Å²) in [6.45, 7) is 5.73. The van der Waals surface area contributed by atoms with Crippen LogP contribution in [0.5, 0.6) is 0 Å². The van der Waals surface area contributed by atoms with E-state index >= 15 is 0 Å². The number of rotatable bonds is 10. The first kappa shape index (κ1) is 25.5. The third-order valence-corrected chi connectivity index (χ3v) is 5.64. The van der Waals surface area contributed by atoms with Gasteiger partial charge in [-0.2, -0.15) is 0 Å². The predicted octanol–water partition coefficient (Wildman–Crippen LogP) is 4.49. The molecule has 0 aromatic heterocycles. The maximum Gasteiger partial charge on any atom is 0.253 e. The number of amides is 3. The second kappa shape index (κ2) is 12.4. The van der Waals surface area contributed by atoms with Gasteiger partial charge in [-0.15, -0.1) is 0 Å². The second-order valence-electron chi connectivity index (χ2n) is 8.18. The predicted molar refractivity (Wildman–Crippen MR) is 139 cm³/mol.